The molecule has 1 aromatic rings. The minimum Gasteiger partial charge on any atom is -0.381 e. The van der Waals surface area contributed by atoms with E-state index in [4.69, 9.17) is 21.6 Å². The van der Waals surface area contributed by atoms with Gasteiger partial charge in [0.1, 0.15) is 6.07 Å². The maximum absolute atomic E-state index is 9.10. The van der Waals surface area contributed by atoms with Crippen LogP contribution < -0.4 is 5.32 Å². The molecule has 2 saturated heterocycles. The number of nitrogens with zero attached hydrogens (tertiary/aromatic N) is 2. The first-order valence-corrected chi connectivity index (χ1v) is 7.43. The van der Waals surface area contributed by atoms with Crippen LogP contribution in [0.3, 0.4) is 0 Å². The number of nitrogens with one attached hydrogen (secondary N) is 1. The van der Waals surface area contributed by atoms with Crippen molar-refractivity contribution in [3.05, 3.63) is 28.8 Å². The Hall–Kier alpha value is -1.28. The van der Waals surface area contributed by atoms with E-state index >= 15 is 0 Å². The Bertz CT molecular complexity index is 528. The van der Waals surface area contributed by atoms with Crippen LogP contribution in [0.4, 0.5) is 5.69 Å². The average Bonchev–Trinajstić information content (AvgIpc) is 2.92. The summed E-state index contributed by atoms with van der Waals surface area (Å²) in [5.41, 5.74) is 1.40. The van der Waals surface area contributed by atoms with E-state index in [0.717, 1.165) is 18.8 Å². The van der Waals surface area contributed by atoms with Crippen molar-refractivity contribution in [3.63, 3.8) is 0 Å². The second kappa shape index (κ2) is 6.01. The second-order valence-corrected chi connectivity index (χ2v) is 5.87. The Kier molecular flexibility index (Phi) is 4.11. The van der Waals surface area contributed by atoms with Crippen LogP contribution >= 0.6 is 11.6 Å². The molecular weight excluding hydrogens is 274 g/mol. The number of hydrogen-bond acceptors (Lipinski definition) is 4. The van der Waals surface area contributed by atoms with E-state index in [1.807, 2.05) is 0 Å². The summed E-state index contributed by atoms with van der Waals surface area (Å²) in [7, 11) is 0. The molecule has 0 amide bonds. The number of halogens is 1. The quantitative estimate of drug-likeness (QED) is 0.929. The highest BCUT2D eigenvalue weighted by atomic mass is 35.5. The number of rotatable bonds is 3. The molecule has 0 aromatic heterocycles. The molecule has 20 heavy (non-hydrogen) atoms. The van der Waals surface area contributed by atoms with Gasteiger partial charge in [-0.3, -0.25) is 4.90 Å². The van der Waals surface area contributed by atoms with Gasteiger partial charge in [-0.15, -0.1) is 0 Å². The molecule has 0 radical (unpaired) electrons. The molecule has 1 N–H and O–H groups in total. The molecule has 2 fully saturated rings. The fraction of sp³-hybridized carbons (Fsp3) is 0.533. The van der Waals surface area contributed by atoms with E-state index in [0.29, 0.717) is 23.2 Å². The number of hydrogen-bond donors (Lipinski definition) is 1. The van der Waals surface area contributed by atoms with Crippen LogP contribution in [0.1, 0.15) is 18.4 Å². The smallest absolute Gasteiger partial charge is 0.101 e. The molecule has 4 nitrogen and oxygen atoms in total. The first kappa shape index (κ1) is 13.7. The number of morpholine rings is 1. The van der Waals surface area contributed by atoms with E-state index in [9.17, 15) is 0 Å². The van der Waals surface area contributed by atoms with Gasteiger partial charge in [-0.05, 0) is 37.6 Å². The lowest BCUT2D eigenvalue weighted by molar-refractivity contribution is -0.0415. The third kappa shape index (κ3) is 2.90. The second-order valence-electron chi connectivity index (χ2n) is 5.43. The minimum atomic E-state index is 0.176. The fourth-order valence-electron chi connectivity index (χ4n) is 2.99. The van der Waals surface area contributed by atoms with Crippen molar-refractivity contribution in [1.29, 1.82) is 5.26 Å². The maximum atomic E-state index is 9.10. The molecule has 2 unspecified atom stereocenters. The first-order valence-electron chi connectivity index (χ1n) is 7.05. The summed E-state index contributed by atoms with van der Waals surface area (Å²) >= 11 is 5.98. The molecule has 2 atom stereocenters. The van der Waals surface area contributed by atoms with Crippen molar-refractivity contribution in [2.75, 3.05) is 31.6 Å². The summed E-state index contributed by atoms with van der Waals surface area (Å²) in [6.45, 7) is 3.69. The van der Waals surface area contributed by atoms with Crippen LogP contribution in [0.15, 0.2) is 18.2 Å². The number of benzene rings is 1. The zero-order valence-electron chi connectivity index (χ0n) is 11.3. The normalized spacial score (nSPS) is 26.0. The van der Waals surface area contributed by atoms with Gasteiger partial charge in [-0.1, -0.05) is 11.6 Å². The van der Waals surface area contributed by atoms with E-state index in [-0.39, 0.29) is 6.10 Å². The predicted octanol–water partition coefficient (Wildman–Crippen LogP) is 2.49. The highest BCUT2D eigenvalue weighted by molar-refractivity contribution is 6.30. The van der Waals surface area contributed by atoms with Gasteiger partial charge in [0.2, 0.25) is 0 Å². The van der Waals surface area contributed by atoms with E-state index in [2.05, 4.69) is 16.3 Å². The van der Waals surface area contributed by atoms with Crippen molar-refractivity contribution >= 4 is 17.3 Å². The summed E-state index contributed by atoms with van der Waals surface area (Å²) in [5, 5.41) is 13.0. The lowest BCUT2D eigenvalue weighted by Gasteiger charge is -2.35. The number of anilines is 1. The van der Waals surface area contributed by atoms with Gasteiger partial charge < -0.3 is 10.1 Å². The standard InChI is InChI=1S/C15H18ClN3O/c16-12-4-3-11(7-17)15(6-12)18-8-14-9-19-5-1-2-13(19)10-20-14/h3-4,6,13-14,18H,1-2,5,8-10H2. The van der Waals surface area contributed by atoms with Gasteiger partial charge in [0.05, 0.1) is 24.0 Å². The SMILES string of the molecule is N#Cc1ccc(Cl)cc1NCC1CN2CCCC2CO1. The van der Waals surface area contributed by atoms with Crippen LogP contribution in [0.2, 0.25) is 5.02 Å². The number of nitriles is 1. The van der Waals surface area contributed by atoms with Crippen molar-refractivity contribution in [2.45, 2.75) is 25.0 Å². The van der Waals surface area contributed by atoms with Gasteiger partial charge in [-0.25, -0.2) is 0 Å². The van der Waals surface area contributed by atoms with E-state index < -0.39 is 0 Å². The summed E-state index contributed by atoms with van der Waals surface area (Å²) in [4.78, 5) is 2.51. The predicted molar refractivity (Wildman–Crippen MR) is 79.0 cm³/mol. The van der Waals surface area contributed by atoms with E-state index in [1.54, 1.807) is 18.2 Å². The topological polar surface area (TPSA) is 48.3 Å². The van der Waals surface area contributed by atoms with Crippen molar-refractivity contribution in [3.8, 4) is 6.07 Å². The Balaban J connectivity index is 1.60. The molecule has 1 aromatic carbocycles. The van der Waals surface area contributed by atoms with Crippen LogP contribution in [-0.2, 0) is 4.74 Å². The molecule has 2 aliphatic rings. The lowest BCUT2D eigenvalue weighted by Crippen LogP contribution is -2.48. The Morgan fingerprint density at radius 3 is 3.25 bits per heavy atom. The lowest BCUT2D eigenvalue weighted by atomic mass is 10.1. The van der Waals surface area contributed by atoms with Crippen molar-refractivity contribution in [2.24, 2.45) is 0 Å². The molecule has 5 heteroatoms. The molecular formula is C15H18ClN3O. The van der Waals surface area contributed by atoms with Gasteiger partial charge >= 0.3 is 0 Å². The zero-order chi connectivity index (χ0) is 13.9. The van der Waals surface area contributed by atoms with E-state index in [1.165, 1.54) is 19.4 Å². The van der Waals surface area contributed by atoms with Crippen molar-refractivity contribution < 1.29 is 4.74 Å². The monoisotopic (exact) mass is 291 g/mol. The minimum absolute atomic E-state index is 0.176. The third-order valence-corrected chi connectivity index (χ3v) is 4.32. The Labute approximate surface area is 124 Å². The Morgan fingerprint density at radius 2 is 2.40 bits per heavy atom. The third-order valence-electron chi connectivity index (χ3n) is 4.08. The summed E-state index contributed by atoms with van der Waals surface area (Å²) in [6.07, 6.45) is 2.71. The summed E-state index contributed by atoms with van der Waals surface area (Å²) in [6, 6.07) is 8.06. The zero-order valence-corrected chi connectivity index (χ0v) is 12.1. The molecule has 106 valence electrons. The molecule has 0 bridgehead atoms. The van der Waals surface area contributed by atoms with Gasteiger partial charge in [0, 0.05) is 24.2 Å². The molecule has 0 aliphatic carbocycles. The molecule has 0 saturated carbocycles. The maximum Gasteiger partial charge on any atom is 0.101 e. The largest absolute Gasteiger partial charge is 0.381 e. The van der Waals surface area contributed by atoms with Crippen LogP contribution in [-0.4, -0.2) is 43.3 Å². The van der Waals surface area contributed by atoms with Crippen LogP contribution in [0.5, 0.6) is 0 Å². The molecule has 0 spiro atoms. The van der Waals surface area contributed by atoms with Crippen LogP contribution in [0, 0.1) is 11.3 Å². The Morgan fingerprint density at radius 1 is 1.50 bits per heavy atom. The average molecular weight is 292 g/mol. The summed E-state index contributed by atoms with van der Waals surface area (Å²) in [5.74, 6) is 0. The van der Waals surface area contributed by atoms with Crippen molar-refractivity contribution in [1.82, 2.24) is 4.90 Å². The summed E-state index contributed by atoms with van der Waals surface area (Å²) < 4.78 is 5.90. The van der Waals surface area contributed by atoms with Gasteiger partial charge in [0.15, 0.2) is 0 Å². The fourth-order valence-corrected chi connectivity index (χ4v) is 3.17. The van der Waals surface area contributed by atoms with Crippen LogP contribution in [0.25, 0.3) is 0 Å². The van der Waals surface area contributed by atoms with Gasteiger partial charge in [-0.2, -0.15) is 5.26 Å². The molecule has 3 rings (SSSR count). The highest BCUT2D eigenvalue weighted by Crippen LogP contribution is 2.24. The molecule has 2 heterocycles. The number of fused-ring (bicyclic) bond motifs is 1. The highest BCUT2D eigenvalue weighted by Gasteiger charge is 2.31. The number of ether oxygens (including phenoxy) is 1. The van der Waals surface area contributed by atoms with Gasteiger partial charge in [0.25, 0.3) is 0 Å². The first-order chi connectivity index (χ1) is 9.76. The molecule has 2 aliphatic heterocycles.